The maximum absolute atomic E-state index is 13.3. The van der Waals surface area contributed by atoms with Crippen LogP contribution in [0, 0.1) is 5.82 Å². The number of allylic oxidation sites excluding steroid dienone is 1. The molecule has 1 aliphatic heterocycles. The molecule has 2 aromatic rings. The van der Waals surface area contributed by atoms with Crippen LogP contribution in [0.2, 0.25) is 0 Å². The number of hydrogen-bond acceptors (Lipinski definition) is 4. The van der Waals surface area contributed by atoms with Crippen molar-refractivity contribution in [2.24, 2.45) is 10.7 Å². The van der Waals surface area contributed by atoms with Crippen LogP contribution in [-0.2, 0) is 10.5 Å². The Morgan fingerprint density at radius 3 is 2.68 bits per heavy atom. The molecule has 1 amide bonds. The third-order valence-electron chi connectivity index (χ3n) is 3.86. The lowest BCUT2D eigenvalue weighted by molar-refractivity contribution is -0.114. The quantitative estimate of drug-likeness (QED) is 0.882. The first-order chi connectivity index (χ1) is 12.0. The average molecular weight is 355 g/mol. The smallest absolute Gasteiger partial charge is 0.248 e. The van der Waals surface area contributed by atoms with E-state index >= 15 is 0 Å². The SMILES string of the molecule is CC1=C(C(N)=O)C(c2ccccc2)N=C(SCc2cccc(F)c2)N1. The van der Waals surface area contributed by atoms with Gasteiger partial charge in [0.05, 0.1) is 5.57 Å². The Morgan fingerprint density at radius 1 is 1.24 bits per heavy atom. The van der Waals surface area contributed by atoms with Crippen molar-refractivity contribution in [2.45, 2.75) is 18.7 Å². The molecular weight excluding hydrogens is 337 g/mol. The number of benzene rings is 2. The lowest BCUT2D eigenvalue weighted by Gasteiger charge is -2.25. The molecule has 0 spiro atoms. The third kappa shape index (κ3) is 4.09. The zero-order chi connectivity index (χ0) is 17.8. The normalized spacial score (nSPS) is 17.0. The summed E-state index contributed by atoms with van der Waals surface area (Å²) in [4.78, 5) is 16.5. The highest BCUT2D eigenvalue weighted by Crippen LogP contribution is 2.32. The summed E-state index contributed by atoms with van der Waals surface area (Å²) in [7, 11) is 0. The Bertz CT molecular complexity index is 849. The van der Waals surface area contributed by atoms with Crippen molar-refractivity contribution in [2.75, 3.05) is 0 Å². The van der Waals surface area contributed by atoms with Crippen LogP contribution >= 0.6 is 11.8 Å². The molecule has 2 aromatic carbocycles. The number of nitrogens with zero attached hydrogens (tertiary/aromatic N) is 1. The summed E-state index contributed by atoms with van der Waals surface area (Å²) in [5.41, 5.74) is 8.48. The second-order valence-electron chi connectivity index (χ2n) is 5.69. The predicted molar refractivity (Wildman–Crippen MR) is 99.3 cm³/mol. The van der Waals surface area contributed by atoms with Gasteiger partial charge in [-0.25, -0.2) is 9.38 Å². The maximum atomic E-state index is 13.3. The first kappa shape index (κ1) is 17.2. The summed E-state index contributed by atoms with van der Waals surface area (Å²) >= 11 is 1.46. The Kier molecular flexibility index (Phi) is 5.19. The second-order valence-corrected chi connectivity index (χ2v) is 6.66. The molecule has 1 heterocycles. The molecule has 1 atom stereocenters. The van der Waals surface area contributed by atoms with Gasteiger partial charge in [-0.3, -0.25) is 4.79 Å². The van der Waals surface area contributed by atoms with E-state index in [0.29, 0.717) is 22.2 Å². The van der Waals surface area contributed by atoms with E-state index in [-0.39, 0.29) is 5.82 Å². The van der Waals surface area contributed by atoms with Crippen molar-refractivity contribution in [3.63, 3.8) is 0 Å². The van der Waals surface area contributed by atoms with Crippen molar-refractivity contribution >= 4 is 22.8 Å². The third-order valence-corrected chi connectivity index (χ3v) is 4.82. The molecule has 0 aromatic heterocycles. The number of amidine groups is 1. The zero-order valence-corrected chi connectivity index (χ0v) is 14.5. The van der Waals surface area contributed by atoms with E-state index in [1.807, 2.05) is 43.3 Å². The second kappa shape index (κ2) is 7.53. The van der Waals surface area contributed by atoms with E-state index in [9.17, 15) is 9.18 Å². The van der Waals surface area contributed by atoms with Gasteiger partial charge in [-0.2, -0.15) is 0 Å². The minimum absolute atomic E-state index is 0.258. The molecule has 1 aliphatic rings. The predicted octanol–water partition coefficient (Wildman–Crippen LogP) is 3.52. The van der Waals surface area contributed by atoms with Crippen LogP contribution in [0.15, 0.2) is 70.9 Å². The Morgan fingerprint density at radius 2 is 2.00 bits per heavy atom. The Labute approximate surface area is 150 Å². The first-order valence-corrected chi connectivity index (χ1v) is 8.80. The molecule has 128 valence electrons. The highest BCUT2D eigenvalue weighted by atomic mass is 32.2. The van der Waals surface area contributed by atoms with Gasteiger partial charge in [0.15, 0.2) is 5.17 Å². The number of aliphatic imine (C=N–C) groups is 1. The van der Waals surface area contributed by atoms with Crippen molar-refractivity contribution in [3.05, 3.63) is 82.8 Å². The van der Waals surface area contributed by atoms with Gasteiger partial charge < -0.3 is 11.1 Å². The van der Waals surface area contributed by atoms with Crippen LogP contribution in [0.1, 0.15) is 24.1 Å². The zero-order valence-electron chi connectivity index (χ0n) is 13.7. The van der Waals surface area contributed by atoms with Gasteiger partial charge in [-0.05, 0) is 30.2 Å². The Hall–Kier alpha value is -2.60. The van der Waals surface area contributed by atoms with E-state index in [1.165, 1.54) is 23.9 Å². The van der Waals surface area contributed by atoms with Gasteiger partial charge >= 0.3 is 0 Å². The fourth-order valence-electron chi connectivity index (χ4n) is 2.69. The fourth-order valence-corrected chi connectivity index (χ4v) is 3.58. The molecule has 0 saturated carbocycles. The topological polar surface area (TPSA) is 67.5 Å². The monoisotopic (exact) mass is 355 g/mol. The summed E-state index contributed by atoms with van der Waals surface area (Å²) in [6.45, 7) is 1.81. The van der Waals surface area contributed by atoms with Gasteiger partial charge in [0.2, 0.25) is 5.91 Å². The average Bonchev–Trinajstić information content (AvgIpc) is 2.60. The van der Waals surface area contributed by atoms with Crippen molar-refractivity contribution in [3.8, 4) is 0 Å². The molecule has 6 heteroatoms. The summed E-state index contributed by atoms with van der Waals surface area (Å²) < 4.78 is 13.3. The number of nitrogens with one attached hydrogen (secondary N) is 1. The molecule has 0 fully saturated rings. The van der Waals surface area contributed by atoms with Crippen LogP contribution in [-0.4, -0.2) is 11.1 Å². The van der Waals surface area contributed by atoms with Crippen molar-refractivity contribution in [1.29, 1.82) is 0 Å². The highest BCUT2D eigenvalue weighted by Gasteiger charge is 2.27. The molecule has 0 saturated heterocycles. The molecule has 0 aliphatic carbocycles. The van der Waals surface area contributed by atoms with Gasteiger partial charge in [-0.15, -0.1) is 0 Å². The molecule has 1 unspecified atom stereocenters. The maximum Gasteiger partial charge on any atom is 0.248 e. The van der Waals surface area contributed by atoms with Crippen molar-refractivity contribution in [1.82, 2.24) is 5.32 Å². The van der Waals surface area contributed by atoms with Crippen LogP contribution < -0.4 is 11.1 Å². The molecule has 4 nitrogen and oxygen atoms in total. The van der Waals surface area contributed by atoms with Crippen LogP contribution in [0.4, 0.5) is 4.39 Å². The number of amides is 1. The van der Waals surface area contributed by atoms with Gasteiger partial charge in [-0.1, -0.05) is 54.2 Å². The molecule has 3 N–H and O–H groups in total. The fraction of sp³-hybridized carbons (Fsp3) is 0.158. The van der Waals surface area contributed by atoms with Crippen LogP contribution in [0.5, 0.6) is 0 Å². The number of primary amides is 1. The molecule has 0 bridgehead atoms. The van der Waals surface area contributed by atoms with E-state index in [4.69, 9.17) is 5.73 Å². The van der Waals surface area contributed by atoms with E-state index in [2.05, 4.69) is 10.3 Å². The van der Waals surface area contributed by atoms with Gasteiger partial charge in [0.1, 0.15) is 11.9 Å². The van der Waals surface area contributed by atoms with Gasteiger partial charge in [0, 0.05) is 11.4 Å². The number of nitrogens with two attached hydrogens (primary N) is 1. The number of thioether (sulfide) groups is 1. The minimum Gasteiger partial charge on any atom is -0.366 e. The molecule has 25 heavy (non-hydrogen) atoms. The lowest BCUT2D eigenvalue weighted by Crippen LogP contribution is -2.32. The Balaban J connectivity index is 1.85. The van der Waals surface area contributed by atoms with Crippen molar-refractivity contribution < 1.29 is 9.18 Å². The van der Waals surface area contributed by atoms with Gasteiger partial charge in [0.25, 0.3) is 0 Å². The number of halogens is 1. The largest absolute Gasteiger partial charge is 0.366 e. The van der Waals surface area contributed by atoms with E-state index < -0.39 is 11.9 Å². The summed E-state index contributed by atoms with van der Waals surface area (Å²) in [5.74, 6) is -0.174. The van der Waals surface area contributed by atoms with Crippen LogP contribution in [0.3, 0.4) is 0 Å². The lowest BCUT2D eigenvalue weighted by atomic mass is 9.96. The van der Waals surface area contributed by atoms with Crippen LogP contribution in [0.25, 0.3) is 0 Å². The number of hydrogen-bond donors (Lipinski definition) is 2. The standard InChI is InChI=1S/C19H18FN3OS/c1-12-16(18(21)24)17(14-7-3-2-4-8-14)23-19(22-12)25-11-13-6-5-9-15(20)10-13/h2-10,17H,11H2,1H3,(H2,21,24)(H,22,23). The summed E-state index contributed by atoms with van der Waals surface area (Å²) in [6, 6.07) is 15.6. The number of carbonyl (C=O) groups is 1. The first-order valence-electron chi connectivity index (χ1n) is 7.82. The highest BCUT2D eigenvalue weighted by molar-refractivity contribution is 8.13. The molecule has 0 radical (unpaired) electrons. The summed E-state index contributed by atoms with van der Waals surface area (Å²) in [5, 5.41) is 3.81. The van der Waals surface area contributed by atoms with E-state index in [1.54, 1.807) is 6.07 Å². The molecule has 3 rings (SSSR count). The number of rotatable bonds is 4. The molecular formula is C19H18FN3OS. The van der Waals surface area contributed by atoms with E-state index in [0.717, 1.165) is 11.1 Å². The summed E-state index contributed by atoms with van der Waals surface area (Å²) in [6.07, 6.45) is 0. The number of carbonyl (C=O) groups excluding carboxylic acids is 1. The minimum atomic E-state index is -0.489.